The standard InChI is InChI=1S/C16H10ClF6N3O/c17-12-7-11(16(21,22)23)5-6-13(12)25-14(27)26-24-8-9-1-3-10(4-2-9)15(18,19)20/h1-8H,(H2,25,26,27)/b24-8-. The van der Waals surface area contributed by atoms with Gasteiger partial charge in [0.1, 0.15) is 0 Å². The SMILES string of the molecule is O=C(N/N=C\c1ccc(C(F)(F)F)cc1)Nc1ccc(C(F)(F)F)cc1Cl. The number of urea groups is 1. The molecule has 0 aliphatic carbocycles. The highest BCUT2D eigenvalue weighted by Crippen LogP contribution is 2.33. The molecule has 0 aliphatic heterocycles. The quantitative estimate of drug-likeness (QED) is 0.391. The van der Waals surface area contributed by atoms with Crippen molar-refractivity contribution in [2.24, 2.45) is 5.10 Å². The number of rotatable bonds is 3. The van der Waals surface area contributed by atoms with Crippen molar-refractivity contribution in [3.63, 3.8) is 0 Å². The lowest BCUT2D eigenvalue weighted by Crippen LogP contribution is -2.24. The summed E-state index contributed by atoms with van der Waals surface area (Å²) in [6.07, 6.45) is -7.95. The van der Waals surface area contributed by atoms with Gasteiger partial charge in [0.2, 0.25) is 0 Å². The van der Waals surface area contributed by atoms with Gasteiger partial charge in [-0.15, -0.1) is 0 Å². The molecule has 0 bridgehead atoms. The number of hydrogen-bond acceptors (Lipinski definition) is 2. The van der Waals surface area contributed by atoms with Crippen molar-refractivity contribution >= 4 is 29.5 Å². The monoisotopic (exact) mass is 409 g/mol. The minimum absolute atomic E-state index is 0.0769. The highest BCUT2D eigenvalue weighted by atomic mass is 35.5. The Balaban J connectivity index is 1.95. The molecule has 2 aromatic rings. The van der Waals surface area contributed by atoms with E-state index in [0.29, 0.717) is 6.07 Å². The first-order valence-electron chi connectivity index (χ1n) is 7.11. The average Bonchev–Trinajstić information content (AvgIpc) is 2.55. The maximum absolute atomic E-state index is 12.5. The number of nitrogens with zero attached hydrogens (tertiary/aromatic N) is 1. The molecule has 0 spiro atoms. The normalized spacial score (nSPS) is 12.3. The fourth-order valence-corrected chi connectivity index (χ4v) is 2.09. The smallest absolute Gasteiger partial charge is 0.305 e. The van der Waals surface area contributed by atoms with E-state index < -0.39 is 29.5 Å². The van der Waals surface area contributed by atoms with E-state index in [1.54, 1.807) is 0 Å². The van der Waals surface area contributed by atoms with Crippen LogP contribution in [0, 0.1) is 0 Å². The molecule has 4 nitrogen and oxygen atoms in total. The lowest BCUT2D eigenvalue weighted by Gasteiger charge is -2.10. The third-order valence-corrected chi connectivity index (χ3v) is 3.48. The number of benzene rings is 2. The van der Waals surface area contributed by atoms with Crippen LogP contribution in [0.25, 0.3) is 0 Å². The van der Waals surface area contributed by atoms with Gasteiger partial charge in [0, 0.05) is 0 Å². The van der Waals surface area contributed by atoms with E-state index in [4.69, 9.17) is 11.6 Å². The van der Waals surface area contributed by atoms with Crippen LogP contribution < -0.4 is 10.7 Å². The molecule has 0 atom stereocenters. The van der Waals surface area contributed by atoms with Gasteiger partial charge in [-0.05, 0) is 35.9 Å². The highest BCUT2D eigenvalue weighted by Gasteiger charge is 2.31. The van der Waals surface area contributed by atoms with Crippen molar-refractivity contribution in [1.82, 2.24) is 5.43 Å². The van der Waals surface area contributed by atoms with E-state index >= 15 is 0 Å². The molecule has 2 N–H and O–H groups in total. The van der Waals surface area contributed by atoms with Gasteiger partial charge >= 0.3 is 18.4 Å². The summed E-state index contributed by atoms with van der Waals surface area (Å²) >= 11 is 5.69. The Morgan fingerprint density at radius 2 is 1.48 bits per heavy atom. The molecule has 0 saturated carbocycles. The van der Waals surface area contributed by atoms with Gasteiger partial charge in [-0.3, -0.25) is 0 Å². The van der Waals surface area contributed by atoms with Gasteiger partial charge in [-0.1, -0.05) is 23.7 Å². The van der Waals surface area contributed by atoms with E-state index in [1.807, 2.05) is 5.43 Å². The van der Waals surface area contributed by atoms with Crippen LogP contribution in [0.1, 0.15) is 16.7 Å². The van der Waals surface area contributed by atoms with Crippen molar-refractivity contribution in [3.05, 3.63) is 64.2 Å². The summed E-state index contributed by atoms with van der Waals surface area (Å²) in [6.45, 7) is 0. The van der Waals surface area contributed by atoms with Crippen LogP contribution in [0.4, 0.5) is 36.8 Å². The number of carbonyl (C=O) groups is 1. The highest BCUT2D eigenvalue weighted by molar-refractivity contribution is 6.33. The zero-order chi connectivity index (χ0) is 20.2. The summed E-state index contributed by atoms with van der Waals surface area (Å²) in [5.41, 5.74) is 0.419. The Hall–Kier alpha value is -2.75. The molecule has 2 rings (SSSR count). The minimum Gasteiger partial charge on any atom is -0.305 e. The first kappa shape index (κ1) is 20.6. The lowest BCUT2D eigenvalue weighted by molar-refractivity contribution is -0.138. The Morgan fingerprint density at radius 1 is 0.926 bits per heavy atom. The van der Waals surface area contributed by atoms with Crippen molar-refractivity contribution in [1.29, 1.82) is 0 Å². The van der Waals surface area contributed by atoms with Crippen LogP contribution in [-0.2, 0) is 12.4 Å². The fraction of sp³-hybridized carbons (Fsp3) is 0.125. The van der Waals surface area contributed by atoms with Gasteiger partial charge in [-0.2, -0.15) is 31.4 Å². The molecule has 0 heterocycles. The Morgan fingerprint density at radius 3 is 2.00 bits per heavy atom. The summed E-state index contributed by atoms with van der Waals surface area (Å²) in [5.74, 6) is 0. The fourth-order valence-electron chi connectivity index (χ4n) is 1.87. The van der Waals surface area contributed by atoms with Crippen molar-refractivity contribution < 1.29 is 31.1 Å². The first-order valence-corrected chi connectivity index (χ1v) is 7.48. The number of halogens is 7. The second-order valence-corrected chi connectivity index (χ2v) is 5.54. The number of anilines is 1. The molecular weight excluding hydrogens is 400 g/mol. The largest absolute Gasteiger partial charge is 0.416 e. The molecule has 0 aromatic heterocycles. The van der Waals surface area contributed by atoms with Gasteiger partial charge in [0.25, 0.3) is 0 Å². The van der Waals surface area contributed by atoms with E-state index in [-0.39, 0.29) is 16.3 Å². The predicted octanol–water partition coefficient (Wildman–Crippen LogP) is 5.53. The van der Waals surface area contributed by atoms with Crippen LogP contribution in [0.3, 0.4) is 0 Å². The summed E-state index contributed by atoms with van der Waals surface area (Å²) in [5, 5.41) is 5.39. The van der Waals surface area contributed by atoms with Crippen molar-refractivity contribution in [3.8, 4) is 0 Å². The average molecular weight is 410 g/mol. The first-order chi connectivity index (χ1) is 12.5. The Kier molecular flexibility index (Phi) is 5.99. The van der Waals surface area contributed by atoms with Crippen molar-refractivity contribution in [2.45, 2.75) is 12.4 Å². The molecule has 0 fully saturated rings. The molecule has 11 heteroatoms. The molecule has 0 aliphatic rings. The molecule has 0 unspecified atom stereocenters. The molecule has 2 aromatic carbocycles. The molecule has 0 saturated heterocycles. The second kappa shape index (κ2) is 7.87. The van der Waals surface area contributed by atoms with Gasteiger partial charge in [-0.25, -0.2) is 10.2 Å². The number of carbonyl (C=O) groups excluding carboxylic acids is 1. The van der Waals surface area contributed by atoms with E-state index in [9.17, 15) is 31.1 Å². The number of hydrazone groups is 1. The second-order valence-electron chi connectivity index (χ2n) is 5.14. The van der Waals surface area contributed by atoms with Crippen molar-refractivity contribution in [2.75, 3.05) is 5.32 Å². The minimum atomic E-state index is -4.57. The molecule has 2 amide bonds. The maximum Gasteiger partial charge on any atom is 0.416 e. The topological polar surface area (TPSA) is 53.5 Å². The molecular formula is C16H10ClF6N3O. The van der Waals surface area contributed by atoms with Crippen LogP contribution in [0.2, 0.25) is 5.02 Å². The summed E-state index contributed by atoms with van der Waals surface area (Å²) in [4.78, 5) is 11.7. The third kappa shape index (κ3) is 5.88. The van der Waals surface area contributed by atoms with Crippen LogP contribution in [0.15, 0.2) is 47.6 Å². The summed E-state index contributed by atoms with van der Waals surface area (Å²) in [6, 6.07) is 5.48. The summed E-state index contributed by atoms with van der Waals surface area (Å²) in [7, 11) is 0. The Labute approximate surface area is 153 Å². The van der Waals surface area contributed by atoms with Gasteiger partial charge in [0.05, 0.1) is 28.1 Å². The molecule has 144 valence electrons. The van der Waals surface area contributed by atoms with Crippen LogP contribution in [0.5, 0.6) is 0 Å². The van der Waals surface area contributed by atoms with E-state index in [1.165, 1.54) is 0 Å². The predicted molar refractivity (Wildman–Crippen MR) is 87.6 cm³/mol. The maximum atomic E-state index is 12.5. The number of alkyl halides is 6. The molecule has 0 radical (unpaired) electrons. The number of amides is 2. The lowest BCUT2D eigenvalue weighted by atomic mass is 10.1. The molecule has 27 heavy (non-hydrogen) atoms. The van der Waals surface area contributed by atoms with Gasteiger partial charge in [0.15, 0.2) is 0 Å². The number of hydrogen-bond donors (Lipinski definition) is 2. The third-order valence-electron chi connectivity index (χ3n) is 3.16. The van der Waals surface area contributed by atoms with Crippen LogP contribution >= 0.6 is 11.6 Å². The summed E-state index contributed by atoms with van der Waals surface area (Å²) < 4.78 is 74.9. The number of nitrogens with one attached hydrogen (secondary N) is 2. The van der Waals surface area contributed by atoms with E-state index in [0.717, 1.165) is 42.6 Å². The van der Waals surface area contributed by atoms with Gasteiger partial charge < -0.3 is 5.32 Å². The zero-order valence-corrected chi connectivity index (χ0v) is 13.9. The van der Waals surface area contributed by atoms with Crippen LogP contribution in [-0.4, -0.2) is 12.2 Å². The Bertz CT molecular complexity index is 847. The van der Waals surface area contributed by atoms with E-state index in [2.05, 4.69) is 10.4 Å². The zero-order valence-electron chi connectivity index (χ0n) is 13.1.